The van der Waals surface area contributed by atoms with Gasteiger partial charge in [-0.3, -0.25) is 10.4 Å². The molecule has 4 aromatic rings. The van der Waals surface area contributed by atoms with Crippen LogP contribution in [0, 0.1) is 6.92 Å². The van der Waals surface area contributed by atoms with Gasteiger partial charge in [-0.15, -0.1) is 0 Å². The van der Waals surface area contributed by atoms with E-state index in [-0.39, 0.29) is 6.03 Å². The monoisotopic (exact) mass is 386 g/mol. The van der Waals surface area contributed by atoms with Crippen molar-refractivity contribution in [2.24, 2.45) is 0 Å². The van der Waals surface area contributed by atoms with Gasteiger partial charge in [-0.25, -0.2) is 4.79 Å². The predicted octanol–water partition coefficient (Wildman–Crippen LogP) is 4.77. The Hall–Kier alpha value is -3.80. The van der Waals surface area contributed by atoms with Crippen LogP contribution < -0.4 is 15.4 Å². The van der Waals surface area contributed by atoms with Crippen LogP contribution in [0.4, 0.5) is 10.6 Å². The van der Waals surface area contributed by atoms with Crippen LogP contribution in [-0.2, 0) is 13.2 Å². The van der Waals surface area contributed by atoms with E-state index >= 15 is 0 Å². The number of anilines is 1. The van der Waals surface area contributed by atoms with Crippen molar-refractivity contribution in [3.8, 4) is 5.75 Å². The topological polar surface area (TPSA) is 79.0 Å². The minimum atomic E-state index is -0.312. The van der Waals surface area contributed by atoms with Crippen molar-refractivity contribution in [2.75, 3.05) is 5.32 Å². The van der Waals surface area contributed by atoms with Gasteiger partial charge < -0.3 is 10.1 Å². The summed E-state index contributed by atoms with van der Waals surface area (Å²) < 4.78 is 5.95. The maximum absolute atomic E-state index is 12.3. The van der Waals surface area contributed by atoms with Gasteiger partial charge in [0, 0.05) is 11.9 Å². The van der Waals surface area contributed by atoms with E-state index in [0.717, 1.165) is 27.8 Å². The number of amides is 2. The summed E-state index contributed by atoms with van der Waals surface area (Å²) in [6.45, 7) is 2.99. The normalized spacial score (nSPS) is 10.7. The molecule has 1 heterocycles. The van der Waals surface area contributed by atoms with E-state index < -0.39 is 0 Å². The number of nitrogens with zero attached hydrogens (tertiary/aromatic N) is 1. The fourth-order valence-corrected chi connectivity index (χ4v) is 3.04. The molecule has 4 rings (SSSR count). The van der Waals surface area contributed by atoms with Crippen LogP contribution in [0.5, 0.6) is 5.75 Å². The average molecular weight is 386 g/mol. The lowest BCUT2D eigenvalue weighted by molar-refractivity contribution is 0.251. The average Bonchev–Trinajstić information content (AvgIpc) is 3.14. The number of aromatic amines is 1. The Morgan fingerprint density at radius 2 is 1.83 bits per heavy atom. The second kappa shape index (κ2) is 8.48. The Labute approximate surface area is 168 Å². The number of ether oxygens (including phenoxy) is 1. The van der Waals surface area contributed by atoms with Crippen molar-refractivity contribution in [1.29, 1.82) is 0 Å². The first-order valence-electron chi connectivity index (χ1n) is 9.43. The molecule has 0 radical (unpaired) electrons. The number of rotatable bonds is 6. The smallest absolute Gasteiger partial charge is 0.320 e. The van der Waals surface area contributed by atoms with Gasteiger partial charge in [0.25, 0.3) is 0 Å². The lowest BCUT2D eigenvalue weighted by Crippen LogP contribution is -2.28. The summed E-state index contributed by atoms with van der Waals surface area (Å²) in [5, 5.41) is 13.6. The standard InChI is InChI=1S/C23H22N4O2/c1-16-7-5-6-10-18(16)15-29-19-11-12-21-20(13-19)22(27-26-21)25-23(28)24-14-17-8-3-2-4-9-17/h2-13H,14-15H2,1H3,(H3,24,25,26,27,28). The summed E-state index contributed by atoms with van der Waals surface area (Å²) in [6, 6.07) is 23.2. The third kappa shape index (κ3) is 4.55. The molecule has 0 aliphatic heterocycles. The number of nitrogens with one attached hydrogen (secondary N) is 3. The van der Waals surface area contributed by atoms with Gasteiger partial charge in [0.2, 0.25) is 0 Å². The Morgan fingerprint density at radius 1 is 1.03 bits per heavy atom. The van der Waals surface area contributed by atoms with Gasteiger partial charge in [0.15, 0.2) is 5.82 Å². The van der Waals surface area contributed by atoms with E-state index in [1.165, 1.54) is 5.56 Å². The number of benzene rings is 3. The van der Waals surface area contributed by atoms with E-state index in [1.54, 1.807) is 0 Å². The number of carbonyl (C=O) groups is 1. The Kier molecular flexibility index (Phi) is 5.42. The van der Waals surface area contributed by atoms with Crippen LogP contribution in [-0.4, -0.2) is 16.2 Å². The fourth-order valence-electron chi connectivity index (χ4n) is 3.04. The number of fused-ring (bicyclic) bond motifs is 1. The molecule has 0 fully saturated rings. The van der Waals surface area contributed by atoms with Crippen molar-refractivity contribution in [3.63, 3.8) is 0 Å². The van der Waals surface area contributed by atoms with E-state index in [9.17, 15) is 4.79 Å². The highest BCUT2D eigenvalue weighted by Crippen LogP contribution is 2.26. The molecule has 6 heteroatoms. The molecule has 0 unspecified atom stereocenters. The molecule has 0 bridgehead atoms. The highest BCUT2D eigenvalue weighted by molar-refractivity contribution is 5.99. The molecular weight excluding hydrogens is 364 g/mol. The first kappa shape index (κ1) is 18.6. The predicted molar refractivity (Wildman–Crippen MR) is 114 cm³/mol. The maximum atomic E-state index is 12.3. The molecule has 1 aromatic heterocycles. The highest BCUT2D eigenvalue weighted by Gasteiger charge is 2.11. The summed E-state index contributed by atoms with van der Waals surface area (Å²) in [4.78, 5) is 12.3. The largest absolute Gasteiger partial charge is 0.489 e. The summed E-state index contributed by atoms with van der Waals surface area (Å²) in [5.41, 5.74) is 4.18. The van der Waals surface area contributed by atoms with Gasteiger partial charge in [-0.1, -0.05) is 54.6 Å². The second-order valence-electron chi connectivity index (χ2n) is 6.79. The van der Waals surface area contributed by atoms with Crippen molar-refractivity contribution in [3.05, 3.63) is 89.5 Å². The number of aryl methyl sites for hydroxylation is 1. The first-order valence-corrected chi connectivity index (χ1v) is 9.43. The van der Waals surface area contributed by atoms with Gasteiger partial charge in [-0.05, 0) is 41.8 Å². The van der Waals surface area contributed by atoms with Gasteiger partial charge in [0.05, 0.1) is 5.52 Å². The van der Waals surface area contributed by atoms with Crippen molar-refractivity contribution >= 4 is 22.8 Å². The van der Waals surface area contributed by atoms with Gasteiger partial charge >= 0.3 is 6.03 Å². The molecule has 0 saturated heterocycles. The molecule has 6 nitrogen and oxygen atoms in total. The Bertz CT molecular complexity index is 1120. The zero-order valence-electron chi connectivity index (χ0n) is 16.1. The SMILES string of the molecule is Cc1ccccc1COc1ccc2[nH]nc(NC(=O)NCc3ccccc3)c2c1. The number of hydrogen-bond acceptors (Lipinski definition) is 3. The van der Waals surface area contributed by atoms with Crippen molar-refractivity contribution < 1.29 is 9.53 Å². The van der Waals surface area contributed by atoms with Crippen LogP contribution in [0.3, 0.4) is 0 Å². The second-order valence-corrected chi connectivity index (χ2v) is 6.79. The van der Waals surface area contributed by atoms with E-state index in [1.807, 2.05) is 60.7 Å². The first-order chi connectivity index (χ1) is 14.2. The van der Waals surface area contributed by atoms with Crippen molar-refractivity contribution in [1.82, 2.24) is 15.5 Å². The van der Waals surface area contributed by atoms with Gasteiger partial charge in [0.1, 0.15) is 12.4 Å². The number of hydrogen-bond donors (Lipinski definition) is 3. The maximum Gasteiger partial charge on any atom is 0.320 e. The summed E-state index contributed by atoms with van der Waals surface area (Å²) >= 11 is 0. The van der Waals surface area contributed by atoms with Gasteiger partial charge in [-0.2, -0.15) is 5.10 Å². The number of H-pyrrole nitrogens is 1. The lowest BCUT2D eigenvalue weighted by atomic mass is 10.1. The molecule has 2 amide bonds. The minimum Gasteiger partial charge on any atom is -0.489 e. The molecule has 0 spiro atoms. The molecular formula is C23H22N4O2. The minimum absolute atomic E-state index is 0.312. The molecule has 146 valence electrons. The highest BCUT2D eigenvalue weighted by atomic mass is 16.5. The molecule has 0 aliphatic carbocycles. The molecule has 0 atom stereocenters. The van der Waals surface area contributed by atoms with E-state index in [2.05, 4.69) is 39.9 Å². The fraction of sp³-hybridized carbons (Fsp3) is 0.130. The third-order valence-electron chi connectivity index (χ3n) is 4.72. The quantitative estimate of drug-likeness (QED) is 0.446. The summed E-state index contributed by atoms with van der Waals surface area (Å²) in [5.74, 6) is 1.18. The van der Waals surface area contributed by atoms with Crippen molar-refractivity contribution in [2.45, 2.75) is 20.1 Å². The number of carbonyl (C=O) groups excluding carboxylic acids is 1. The van der Waals surface area contributed by atoms with Crippen LogP contribution in [0.1, 0.15) is 16.7 Å². The Balaban J connectivity index is 1.42. The summed E-state index contributed by atoms with van der Waals surface area (Å²) in [7, 11) is 0. The van der Waals surface area contributed by atoms with E-state index in [4.69, 9.17) is 4.74 Å². The molecule has 29 heavy (non-hydrogen) atoms. The molecule has 3 N–H and O–H groups in total. The lowest BCUT2D eigenvalue weighted by Gasteiger charge is -2.09. The van der Waals surface area contributed by atoms with Crippen LogP contribution in [0.25, 0.3) is 10.9 Å². The Morgan fingerprint density at radius 3 is 2.66 bits per heavy atom. The number of urea groups is 1. The van der Waals surface area contributed by atoms with Crippen LogP contribution in [0.15, 0.2) is 72.8 Å². The molecule has 0 saturated carbocycles. The zero-order valence-corrected chi connectivity index (χ0v) is 16.1. The zero-order chi connectivity index (χ0) is 20.1. The van der Waals surface area contributed by atoms with E-state index in [0.29, 0.717) is 19.0 Å². The number of aromatic nitrogens is 2. The third-order valence-corrected chi connectivity index (χ3v) is 4.72. The van der Waals surface area contributed by atoms with Crippen LogP contribution in [0.2, 0.25) is 0 Å². The van der Waals surface area contributed by atoms with Crippen LogP contribution >= 0.6 is 0 Å². The molecule has 0 aliphatic rings. The summed E-state index contributed by atoms with van der Waals surface area (Å²) in [6.07, 6.45) is 0. The molecule has 3 aromatic carbocycles.